The van der Waals surface area contributed by atoms with Crippen molar-refractivity contribution in [3.8, 4) is 5.75 Å². The van der Waals surface area contributed by atoms with Crippen LogP contribution in [0.1, 0.15) is 48.0 Å². The number of ether oxygens (including phenoxy) is 1. The van der Waals surface area contributed by atoms with E-state index in [1.807, 2.05) is 0 Å². The molecule has 1 aromatic heterocycles. The zero-order valence-electron chi connectivity index (χ0n) is 12.7. The standard InChI is InChI=1S/C15H18FN3O2S/c1-4-9(5-2)14-18-19-15(22-14)17-13(20)11-8-10(16)6-7-12(11)21-3/h6-9H,4-5H2,1-3H3,(H,17,19,20). The third kappa shape index (κ3) is 3.59. The molecular formula is C15H18FN3O2S. The molecule has 0 aliphatic heterocycles. The van der Waals surface area contributed by atoms with Crippen LogP contribution < -0.4 is 10.1 Å². The fourth-order valence-corrected chi connectivity index (χ4v) is 3.12. The summed E-state index contributed by atoms with van der Waals surface area (Å²) in [6.07, 6.45) is 1.94. The topological polar surface area (TPSA) is 64.1 Å². The number of anilines is 1. The van der Waals surface area contributed by atoms with Crippen molar-refractivity contribution in [3.63, 3.8) is 0 Å². The summed E-state index contributed by atoms with van der Waals surface area (Å²) in [6, 6.07) is 3.79. The van der Waals surface area contributed by atoms with Gasteiger partial charge in [0.25, 0.3) is 5.91 Å². The van der Waals surface area contributed by atoms with Crippen molar-refractivity contribution in [1.29, 1.82) is 0 Å². The summed E-state index contributed by atoms with van der Waals surface area (Å²) in [4.78, 5) is 12.2. The minimum Gasteiger partial charge on any atom is -0.496 e. The van der Waals surface area contributed by atoms with Crippen LogP contribution in [0, 0.1) is 5.82 Å². The highest BCUT2D eigenvalue weighted by Gasteiger charge is 2.17. The number of amides is 1. The summed E-state index contributed by atoms with van der Waals surface area (Å²) in [5.74, 6) is -0.319. The molecule has 1 amide bonds. The van der Waals surface area contributed by atoms with E-state index >= 15 is 0 Å². The van der Waals surface area contributed by atoms with Crippen LogP contribution >= 0.6 is 11.3 Å². The highest BCUT2D eigenvalue weighted by molar-refractivity contribution is 7.15. The van der Waals surface area contributed by atoms with Gasteiger partial charge in [0.05, 0.1) is 12.7 Å². The monoisotopic (exact) mass is 323 g/mol. The van der Waals surface area contributed by atoms with Crippen LogP contribution in [0.3, 0.4) is 0 Å². The average Bonchev–Trinajstić information content (AvgIpc) is 2.96. The second kappa shape index (κ2) is 7.31. The van der Waals surface area contributed by atoms with Crippen LogP contribution in [0.2, 0.25) is 0 Å². The highest BCUT2D eigenvalue weighted by atomic mass is 32.1. The molecular weight excluding hydrogens is 305 g/mol. The predicted octanol–water partition coefficient (Wildman–Crippen LogP) is 3.84. The molecule has 22 heavy (non-hydrogen) atoms. The summed E-state index contributed by atoms with van der Waals surface area (Å²) < 4.78 is 18.4. The first-order valence-electron chi connectivity index (χ1n) is 7.07. The Bertz CT molecular complexity index is 656. The first kappa shape index (κ1) is 16.4. The van der Waals surface area contributed by atoms with Crippen LogP contribution in [0.25, 0.3) is 0 Å². The van der Waals surface area contributed by atoms with Gasteiger partial charge < -0.3 is 4.74 Å². The van der Waals surface area contributed by atoms with Gasteiger partial charge in [-0.3, -0.25) is 10.1 Å². The van der Waals surface area contributed by atoms with E-state index in [-0.39, 0.29) is 5.56 Å². The Balaban J connectivity index is 2.17. The summed E-state index contributed by atoms with van der Waals surface area (Å²) in [5, 5.41) is 12.0. The Hall–Kier alpha value is -2.02. The summed E-state index contributed by atoms with van der Waals surface area (Å²) in [7, 11) is 1.43. The molecule has 118 valence electrons. The molecule has 7 heteroatoms. The number of halogens is 1. The SMILES string of the molecule is CCC(CC)c1nnc(NC(=O)c2cc(F)ccc2OC)s1. The highest BCUT2D eigenvalue weighted by Crippen LogP contribution is 2.29. The zero-order chi connectivity index (χ0) is 16.1. The number of aromatic nitrogens is 2. The minimum atomic E-state index is -0.499. The molecule has 0 unspecified atom stereocenters. The van der Waals surface area contributed by atoms with Gasteiger partial charge in [0, 0.05) is 5.92 Å². The van der Waals surface area contributed by atoms with E-state index in [9.17, 15) is 9.18 Å². The number of hydrogen-bond acceptors (Lipinski definition) is 5. The van der Waals surface area contributed by atoms with Gasteiger partial charge >= 0.3 is 0 Å². The lowest BCUT2D eigenvalue weighted by Crippen LogP contribution is -2.13. The third-order valence-corrected chi connectivity index (χ3v) is 4.40. The lowest BCUT2D eigenvalue weighted by atomic mass is 10.1. The van der Waals surface area contributed by atoms with E-state index in [0.717, 1.165) is 23.9 Å². The molecule has 0 aliphatic carbocycles. The van der Waals surface area contributed by atoms with Crippen molar-refractivity contribution in [2.24, 2.45) is 0 Å². The number of carbonyl (C=O) groups excluding carboxylic acids is 1. The lowest BCUT2D eigenvalue weighted by Gasteiger charge is -2.07. The maximum absolute atomic E-state index is 13.3. The van der Waals surface area contributed by atoms with Crippen molar-refractivity contribution in [2.75, 3.05) is 12.4 Å². The van der Waals surface area contributed by atoms with Crippen molar-refractivity contribution in [3.05, 3.63) is 34.6 Å². The molecule has 0 spiro atoms. The molecule has 1 N–H and O–H groups in total. The molecule has 5 nitrogen and oxygen atoms in total. The summed E-state index contributed by atoms with van der Waals surface area (Å²) >= 11 is 1.34. The van der Waals surface area contributed by atoms with Gasteiger partial charge in [0.15, 0.2) is 0 Å². The van der Waals surface area contributed by atoms with Crippen molar-refractivity contribution in [1.82, 2.24) is 10.2 Å². The van der Waals surface area contributed by atoms with Gasteiger partial charge in [-0.2, -0.15) is 0 Å². The Morgan fingerprint density at radius 3 is 2.73 bits per heavy atom. The Kier molecular flexibility index (Phi) is 5.43. The lowest BCUT2D eigenvalue weighted by molar-refractivity contribution is 0.102. The summed E-state index contributed by atoms with van der Waals surface area (Å²) in [6.45, 7) is 4.18. The number of nitrogens with zero attached hydrogens (tertiary/aromatic N) is 2. The molecule has 0 radical (unpaired) electrons. The maximum Gasteiger partial charge on any atom is 0.261 e. The van der Waals surface area contributed by atoms with E-state index in [0.29, 0.717) is 16.8 Å². The number of hydrogen-bond donors (Lipinski definition) is 1. The van der Waals surface area contributed by atoms with Crippen LogP contribution in [0.4, 0.5) is 9.52 Å². The van der Waals surface area contributed by atoms with E-state index in [4.69, 9.17) is 4.74 Å². The van der Waals surface area contributed by atoms with Gasteiger partial charge in [-0.05, 0) is 31.0 Å². The number of nitrogens with one attached hydrogen (secondary N) is 1. The Morgan fingerprint density at radius 1 is 1.36 bits per heavy atom. The van der Waals surface area contributed by atoms with Crippen molar-refractivity contribution < 1.29 is 13.9 Å². The molecule has 0 atom stereocenters. The fourth-order valence-electron chi connectivity index (χ4n) is 2.11. The number of carbonyl (C=O) groups is 1. The van der Waals surface area contributed by atoms with E-state index < -0.39 is 11.7 Å². The molecule has 2 rings (SSSR count). The smallest absolute Gasteiger partial charge is 0.261 e. The maximum atomic E-state index is 13.3. The fraction of sp³-hybridized carbons (Fsp3) is 0.400. The van der Waals surface area contributed by atoms with Gasteiger partial charge in [-0.25, -0.2) is 4.39 Å². The van der Waals surface area contributed by atoms with Crippen LogP contribution in [0.15, 0.2) is 18.2 Å². The zero-order valence-corrected chi connectivity index (χ0v) is 13.5. The molecule has 0 bridgehead atoms. The van der Waals surface area contributed by atoms with Crippen LogP contribution in [-0.2, 0) is 0 Å². The molecule has 2 aromatic rings. The second-order valence-corrected chi connectivity index (χ2v) is 5.77. The Labute approximate surface area is 132 Å². The first-order chi connectivity index (χ1) is 10.6. The Morgan fingerprint density at radius 2 is 2.09 bits per heavy atom. The molecule has 0 fully saturated rings. The van der Waals surface area contributed by atoms with Gasteiger partial charge in [0.2, 0.25) is 5.13 Å². The van der Waals surface area contributed by atoms with Crippen molar-refractivity contribution in [2.45, 2.75) is 32.6 Å². The first-order valence-corrected chi connectivity index (χ1v) is 7.88. The van der Waals surface area contributed by atoms with E-state index in [1.165, 1.54) is 30.6 Å². The number of benzene rings is 1. The molecule has 1 heterocycles. The van der Waals surface area contributed by atoms with E-state index in [2.05, 4.69) is 29.4 Å². The largest absolute Gasteiger partial charge is 0.496 e. The van der Waals surface area contributed by atoms with E-state index in [1.54, 1.807) is 0 Å². The number of methoxy groups -OCH3 is 1. The van der Waals surface area contributed by atoms with Gasteiger partial charge in [0.1, 0.15) is 16.6 Å². The number of rotatable bonds is 6. The molecule has 0 aliphatic rings. The normalized spacial score (nSPS) is 10.8. The van der Waals surface area contributed by atoms with Gasteiger partial charge in [-0.15, -0.1) is 10.2 Å². The van der Waals surface area contributed by atoms with Crippen LogP contribution in [0.5, 0.6) is 5.75 Å². The van der Waals surface area contributed by atoms with Crippen molar-refractivity contribution >= 4 is 22.4 Å². The quantitative estimate of drug-likeness (QED) is 0.877. The van der Waals surface area contributed by atoms with Gasteiger partial charge in [-0.1, -0.05) is 25.2 Å². The molecule has 0 saturated heterocycles. The minimum absolute atomic E-state index is 0.127. The second-order valence-electron chi connectivity index (χ2n) is 4.76. The average molecular weight is 323 g/mol. The van der Waals surface area contributed by atoms with Crippen LogP contribution in [-0.4, -0.2) is 23.2 Å². The summed E-state index contributed by atoms with van der Waals surface area (Å²) in [5.41, 5.74) is 0.127. The molecule has 0 saturated carbocycles. The predicted molar refractivity (Wildman–Crippen MR) is 84.1 cm³/mol. The third-order valence-electron chi connectivity index (χ3n) is 3.40. The molecule has 1 aromatic carbocycles.